The zero-order valence-electron chi connectivity index (χ0n) is 35.3. The van der Waals surface area contributed by atoms with Gasteiger partial charge in [0.25, 0.3) is 0 Å². The molecule has 4 N–H and O–H groups in total. The number of H-pyrrole nitrogens is 2. The fourth-order valence-electron chi connectivity index (χ4n) is 7.90. The Morgan fingerprint density at radius 3 is 2.29 bits per heavy atom. The Labute approximate surface area is 373 Å². The molecule has 1 saturated heterocycles. The third-order valence-electron chi connectivity index (χ3n) is 11.1. The molecule has 5 atom stereocenters. The van der Waals surface area contributed by atoms with E-state index < -0.39 is 58.1 Å². The van der Waals surface area contributed by atoms with Crippen molar-refractivity contribution in [2.45, 2.75) is 75.7 Å². The molecular formula is C43H47F2IN8O9. The largest absolute Gasteiger partial charge is 0.488 e. The Hall–Kier alpha value is -6.06. The third kappa shape index (κ3) is 9.49. The van der Waals surface area contributed by atoms with E-state index in [1.165, 1.54) is 24.0 Å². The van der Waals surface area contributed by atoms with Gasteiger partial charge in [-0.15, -0.1) is 0 Å². The Balaban J connectivity index is 1.10. The second-order valence-corrected chi connectivity index (χ2v) is 17.4. The van der Waals surface area contributed by atoms with E-state index in [4.69, 9.17) is 13.9 Å². The van der Waals surface area contributed by atoms with E-state index in [1.54, 1.807) is 86.9 Å². The average Bonchev–Trinajstić information content (AvgIpc) is 4.03. The van der Waals surface area contributed by atoms with Crippen LogP contribution in [-0.2, 0) is 32.2 Å². The Bertz CT molecular complexity index is 2590. The van der Waals surface area contributed by atoms with Crippen molar-refractivity contribution in [2.24, 2.45) is 11.8 Å². The number of carbonyl (C=O) groups is 4. The van der Waals surface area contributed by atoms with Gasteiger partial charge in [0.05, 0.1) is 69.2 Å². The number of alkyl carbamates (subject to hydrolysis) is 2. The predicted octanol–water partition coefficient (Wildman–Crippen LogP) is 6.56. The third-order valence-corrected chi connectivity index (χ3v) is 11.5. The van der Waals surface area contributed by atoms with Crippen LogP contribution in [0.5, 0.6) is 5.75 Å². The van der Waals surface area contributed by atoms with Crippen molar-refractivity contribution in [3.05, 3.63) is 76.4 Å². The summed E-state index contributed by atoms with van der Waals surface area (Å²) in [5.41, 5.74) is 3.73. The summed E-state index contributed by atoms with van der Waals surface area (Å²) >= 11 is 1.58. The summed E-state index contributed by atoms with van der Waals surface area (Å²) in [5.74, 6) is -0.342. The molecule has 7 rings (SSSR count). The highest BCUT2D eigenvalue weighted by atomic mass is 127. The molecule has 20 heteroatoms. The lowest BCUT2D eigenvalue weighted by Gasteiger charge is -2.29. The number of carbonyl (C=O) groups excluding carboxylic acids is 4. The van der Waals surface area contributed by atoms with Crippen LogP contribution in [0, 0.1) is 11.8 Å². The maximum absolute atomic E-state index is 14.9. The minimum Gasteiger partial charge on any atom is -0.488 e. The molecule has 4 amide bonds. The number of halogens is 3. The fourth-order valence-corrected chi connectivity index (χ4v) is 8.38. The first-order chi connectivity index (χ1) is 30.1. The number of imidazole rings is 2. The van der Waals surface area contributed by atoms with Gasteiger partial charge >= 0.3 is 17.8 Å². The molecule has 0 aliphatic carbocycles. The molecule has 5 aromatic rings. The molecule has 334 valence electrons. The molecule has 0 unspecified atom stereocenters. The second kappa shape index (κ2) is 18.7. The molecular weight excluding hydrogens is 937 g/mol. The minimum atomic E-state index is -1.38. The Kier molecular flexibility index (Phi) is 13.4. The van der Waals surface area contributed by atoms with Gasteiger partial charge in [-0.3, -0.25) is 9.59 Å². The summed E-state index contributed by atoms with van der Waals surface area (Å²) in [6, 6.07) is 8.09. The number of ether oxygens (including phenoxy) is 3. The Morgan fingerprint density at radius 2 is 1.60 bits per heavy atom. The summed E-state index contributed by atoms with van der Waals surface area (Å²) in [5, 5.41) is 5.75. The number of fused-ring (bicyclic) bond motifs is 5. The van der Waals surface area contributed by atoms with Crippen molar-refractivity contribution in [2.75, 3.05) is 27.3 Å². The van der Waals surface area contributed by atoms with Crippen LogP contribution < -0.4 is 21.0 Å². The molecule has 3 aromatic heterocycles. The first-order valence-electron chi connectivity index (χ1n) is 20.2. The van der Waals surface area contributed by atoms with Gasteiger partial charge in [0.2, 0.25) is 11.8 Å². The maximum Gasteiger partial charge on any atom is 0.407 e. The maximum atomic E-state index is 14.9. The number of nitrogens with one attached hydrogen (secondary N) is 4. The molecule has 2 aliphatic rings. The quantitative estimate of drug-likeness (QED) is 0.0563. The molecule has 63 heavy (non-hydrogen) atoms. The molecule has 2 aliphatic heterocycles. The predicted molar refractivity (Wildman–Crippen MR) is 234 cm³/mol. The number of hydrogen-bond donors (Lipinski definition) is 4. The number of methoxy groups -OCH3 is 2. The number of benzene rings is 2. The standard InChI is InChI=1S/C43H47F2IN8O9/c1-20(2)36(51-42(58)60-5)39(55)53(17-33(45)46)18-34-47-14-28(49-34)23-7-9-25-27-19-62-31-11-22(8-10-26(31)35(27)41(57)63-32(25)12-23)29-15-48-38(50-29)30-13-24(44)16-54(30)40(56)37(21(3)4)52-43(59)61-6/h7-12,14-15,20-21,24,30,33,36-37H,13,16-19H2,1-6H3,(H,47,49)(H,48,50)(H,51,58)(H,52,59)/t24-,30+,33-,36+,37+/m1/s1. The number of likely N-dealkylation sites (tertiary alicyclic amines) is 1. The number of aromatic nitrogens is 4. The number of amides is 4. The molecule has 0 radical (unpaired) electrons. The van der Waals surface area contributed by atoms with Crippen LogP contribution in [-0.4, -0.2) is 103 Å². The number of hydrogen-bond acceptors (Lipinski definition) is 11. The molecule has 0 spiro atoms. The van der Waals surface area contributed by atoms with E-state index in [2.05, 4.69) is 35.3 Å². The lowest BCUT2D eigenvalue weighted by atomic mass is 9.94. The highest BCUT2D eigenvalue weighted by molar-refractivity contribution is 14.1. The molecule has 2 aromatic carbocycles. The van der Waals surface area contributed by atoms with Crippen molar-refractivity contribution >= 4 is 57.6 Å². The van der Waals surface area contributed by atoms with Crippen molar-refractivity contribution in [3.63, 3.8) is 0 Å². The normalized spacial score (nSPS) is 17.1. The van der Waals surface area contributed by atoms with Gasteiger partial charge in [-0.05, 0) is 52.6 Å². The smallest absolute Gasteiger partial charge is 0.407 e. The minimum absolute atomic E-state index is 0.0273. The van der Waals surface area contributed by atoms with Gasteiger partial charge in [-0.2, -0.15) is 0 Å². The zero-order valence-corrected chi connectivity index (χ0v) is 37.5. The molecule has 17 nitrogen and oxygen atoms in total. The Morgan fingerprint density at radius 1 is 0.952 bits per heavy atom. The van der Waals surface area contributed by atoms with Gasteiger partial charge in [0.1, 0.15) is 47.8 Å². The van der Waals surface area contributed by atoms with Gasteiger partial charge in [0.15, 0.2) is 4.18 Å². The molecule has 0 saturated carbocycles. The van der Waals surface area contributed by atoms with Crippen molar-refractivity contribution in [3.8, 4) is 39.4 Å². The fraction of sp³-hybridized carbons (Fsp3) is 0.419. The molecule has 1 fully saturated rings. The van der Waals surface area contributed by atoms with E-state index in [0.717, 1.165) is 0 Å². The molecule has 0 bridgehead atoms. The summed E-state index contributed by atoms with van der Waals surface area (Å²) in [6.07, 6.45) is 0.352. The zero-order chi connectivity index (χ0) is 45.3. The monoisotopic (exact) mass is 984 g/mol. The number of rotatable bonds is 13. The van der Waals surface area contributed by atoms with Crippen molar-refractivity contribution < 1.29 is 46.6 Å². The van der Waals surface area contributed by atoms with Crippen LogP contribution in [0.3, 0.4) is 0 Å². The summed E-state index contributed by atoms with van der Waals surface area (Å²) in [4.78, 5) is 82.8. The summed E-state index contributed by atoms with van der Waals surface area (Å²) < 4.78 is 49.3. The van der Waals surface area contributed by atoms with Crippen molar-refractivity contribution in [1.82, 2.24) is 40.4 Å². The van der Waals surface area contributed by atoms with Crippen LogP contribution in [0.25, 0.3) is 44.6 Å². The summed E-state index contributed by atoms with van der Waals surface area (Å²) in [6.45, 7) is 6.68. The SMILES string of the molecule is COC(=O)N[C@H](C(=O)N(Cc1ncc(-c2ccc3c4c(c(=O)oc3c2)-c2ccc(-c3cnc([C@@H]5C[C@@H](F)CN5C(=O)[C@@H](NC(=O)OC)C(C)C)[nH]3)cc2OC4)[nH]1)C[C@H](F)I)C(C)C. The van der Waals surface area contributed by atoms with Crippen LogP contribution >= 0.6 is 22.6 Å². The van der Waals surface area contributed by atoms with Gasteiger partial charge in [-0.25, -0.2) is 33.1 Å². The van der Waals surface area contributed by atoms with Crippen LogP contribution in [0.15, 0.2) is 58.0 Å². The van der Waals surface area contributed by atoms with E-state index >= 15 is 0 Å². The number of nitrogens with zero attached hydrogens (tertiary/aromatic N) is 4. The van der Waals surface area contributed by atoms with Crippen LogP contribution in [0.4, 0.5) is 18.4 Å². The van der Waals surface area contributed by atoms with Gasteiger partial charge in [-0.1, -0.05) is 45.9 Å². The average molecular weight is 985 g/mol. The first-order valence-corrected chi connectivity index (χ1v) is 21.5. The highest BCUT2D eigenvalue weighted by Crippen LogP contribution is 2.42. The first kappa shape index (κ1) is 45.0. The number of aromatic amines is 2. The van der Waals surface area contributed by atoms with E-state index in [-0.39, 0.29) is 44.5 Å². The topological polar surface area (TPSA) is 214 Å². The lowest BCUT2D eigenvalue weighted by Crippen LogP contribution is -2.52. The van der Waals surface area contributed by atoms with E-state index in [0.29, 0.717) is 67.6 Å². The number of alkyl halides is 3. The highest BCUT2D eigenvalue weighted by Gasteiger charge is 2.42. The van der Waals surface area contributed by atoms with Gasteiger partial charge in [0, 0.05) is 34.1 Å². The molecule has 5 heterocycles. The van der Waals surface area contributed by atoms with Gasteiger partial charge < -0.3 is 49.0 Å². The van der Waals surface area contributed by atoms with Crippen molar-refractivity contribution in [1.29, 1.82) is 0 Å². The summed E-state index contributed by atoms with van der Waals surface area (Å²) in [7, 11) is 2.40. The van der Waals surface area contributed by atoms with Crippen LogP contribution in [0.2, 0.25) is 0 Å². The lowest BCUT2D eigenvalue weighted by molar-refractivity contribution is -0.136. The second-order valence-electron chi connectivity index (χ2n) is 16.0. The van der Waals surface area contributed by atoms with E-state index in [1.807, 2.05) is 12.1 Å². The van der Waals surface area contributed by atoms with Crippen LogP contribution in [0.1, 0.15) is 57.4 Å². The van der Waals surface area contributed by atoms with E-state index in [9.17, 15) is 32.8 Å².